The van der Waals surface area contributed by atoms with Gasteiger partial charge in [0.05, 0.1) is 11.1 Å². The molecule has 1 amide bonds. The molecule has 0 spiro atoms. The molecule has 2 aromatic carbocycles. The molecule has 0 saturated heterocycles. The largest absolute Gasteiger partial charge is 0.508 e. The van der Waals surface area contributed by atoms with Gasteiger partial charge in [-0.15, -0.1) is 0 Å². The van der Waals surface area contributed by atoms with Gasteiger partial charge in [0.1, 0.15) is 5.75 Å². The summed E-state index contributed by atoms with van der Waals surface area (Å²) in [5.74, 6) is -0.379. The average Bonchev–Trinajstić information content (AvgIpc) is 2.46. The number of rotatable bonds is 4. The summed E-state index contributed by atoms with van der Waals surface area (Å²) >= 11 is 0. The van der Waals surface area contributed by atoms with Gasteiger partial charge in [0.15, 0.2) is 0 Å². The Hall–Kier alpha value is -3.22. The van der Waals surface area contributed by atoms with E-state index in [1.54, 1.807) is 19.1 Å². The lowest BCUT2D eigenvalue weighted by molar-refractivity contribution is -0.385. The third-order valence-corrected chi connectivity index (χ3v) is 2.91. The number of aryl methyl sites for hydroxylation is 1. The van der Waals surface area contributed by atoms with Crippen molar-refractivity contribution in [2.24, 2.45) is 5.10 Å². The number of carbonyl (C=O) groups is 1. The number of amides is 1. The number of nitro groups is 1. The van der Waals surface area contributed by atoms with Crippen molar-refractivity contribution in [3.8, 4) is 5.75 Å². The molecule has 0 aliphatic carbocycles. The molecule has 0 bridgehead atoms. The van der Waals surface area contributed by atoms with E-state index in [0.29, 0.717) is 11.1 Å². The SMILES string of the molecule is Cc1cc(C(=O)NN=Cc2cccc(O)c2)ccc1[N+](=O)[O-]. The Labute approximate surface area is 126 Å². The molecule has 0 aliphatic rings. The van der Waals surface area contributed by atoms with Gasteiger partial charge in [-0.25, -0.2) is 5.43 Å². The number of nitro benzene ring substituents is 1. The highest BCUT2D eigenvalue weighted by Gasteiger charge is 2.13. The monoisotopic (exact) mass is 299 g/mol. The summed E-state index contributed by atoms with van der Waals surface area (Å²) in [7, 11) is 0. The number of nitrogens with one attached hydrogen (secondary N) is 1. The van der Waals surface area contributed by atoms with Crippen LogP contribution in [0.1, 0.15) is 21.5 Å². The molecule has 7 heteroatoms. The van der Waals surface area contributed by atoms with Crippen LogP contribution in [-0.4, -0.2) is 22.2 Å². The van der Waals surface area contributed by atoms with Crippen LogP contribution in [0.15, 0.2) is 47.6 Å². The van der Waals surface area contributed by atoms with E-state index in [-0.39, 0.29) is 17.0 Å². The molecule has 2 rings (SSSR count). The van der Waals surface area contributed by atoms with Crippen LogP contribution in [0.3, 0.4) is 0 Å². The third kappa shape index (κ3) is 3.66. The van der Waals surface area contributed by atoms with E-state index in [1.165, 1.54) is 36.5 Å². The summed E-state index contributed by atoms with van der Waals surface area (Å²) in [5, 5.41) is 23.8. The first-order valence-electron chi connectivity index (χ1n) is 6.35. The first kappa shape index (κ1) is 15.2. The Morgan fingerprint density at radius 2 is 2.09 bits per heavy atom. The van der Waals surface area contributed by atoms with E-state index >= 15 is 0 Å². The topological polar surface area (TPSA) is 105 Å². The average molecular weight is 299 g/mol. The van der Waals surface area contributed by atoms with Gasteiger partial charge < -0.3 is 5.11 Å². The third-order valence-electron chi connectivity index (χ3n) is 2.91. The van der Waals surface area contributed by atoms with Crippen LogP contribution in [0, 0.1) is 17.0 Å². The van der Waals surface area contributed by atoms with Crippen LogP contribution in [0.2, 0.25) is 0 Å². The second-order valence-corrected chi connectivity index (χ2v) is 4.55. The van der Waals surface area contributed by atoms with Crippen LogP contribution >= 0.6 is 0 Å². The summed E-state index contributed by atoms with van der Waals surface area (Å²) < 4.78 is 0. The minimum absolute atomic E-state index is 0.0418. The van der Waals surface area contributed by atoms with Gasteiger partial charge in [0.25, 0.3) is 11.6 Å². The van der Waals surface area contributed by atoms with Crippen LogP contribution in [-0.2, 0) is 0 Å². The molecular weight excluding hydrogens is 286 g/mol. The molecule has 0 aliphatic heterocycles. The van der Waals surface area contributed by atoms with Crippen molar-refractivity contribution < 1.29 is 14.8 Å². The Bertz CT molecular complexity index is 756. The zero-order chi connectivity index (χ0) is 16.1. The minimum atomic E-state index is -0.503. The number of hydrazone groups is 1. The molecule has 0 saturated carbocycles. The highest BCUT2D eigenvalue weighted by Crippen LogP contribution is 2.18. The summed E-state index contributed by atoms with van der Waals surface area (Å²) in [6.45, 7) is 1.56. The van der Waals surface area contributed by atoms with Crippen LogP contribution in [0.5, 0.6) is 5.75 Å². The Morgan fingerprint density at radius 1 is 1.32 bits per heavy atom. The number of hydrogen-bond acceptors (Lipinski definition) is 5. The fraction of sp³-hybridized carbons (Fsp3) is 0.0667. The number of nitrogens with zero attached hydrogens (tertiary/aromatic N) is 2. The van der Waals surface area contributed by atoms with Crippen molar-refractivity contribution >= 4 is 17.8 Å². The standard InChI is InChI=1S/C15H13N3O4/c1-10-7-12(5-6-14(10)18(21)22)15(20)17-16-9-11-3-2-4-13(19)8-11/h2-9,19H,1H3,(H,17,20). The van der Waals surface area contributed by atoms with Gasteiger partial charge in [-0.3, -0.25) is 14.9 Å². The van der Waals surface area contributed by atoms with Crippen LogP contribution in [0.25, 0.3) is 0 Å². The number of carbonyl (C=O) groups excluding carboxylic acids is 1. The zero-order valence-corrected chi connectivity index (χ0v) is 11.7. The van der Waals surface area contributed by atoms with Gasteiger partial charge in [-0.1, -0.05) is 12.1 Å². The number of aromatic hydroxyl groups is 1. The maximum atomic E-state index is 11.9. The van der Waals surface area contributed by atoms with E-state index in [1.807, 2.05) is 0 Å². The lowest BCUT2D eigenvalue weighted by Crippen LogP contribution is -2.17. The first-order valence-corrected chi connectivity index (χ1v) is 6.35. The second kappa shape index (κ2) is 6.49. The fourth-order valence-corrected chi connectivity index (χ4v) is 1.84. The molecule has 0 aromatic heterocycles. The molecule has 0 radical (unpaired) electrons. The van der Waals surface area contributed by atoms with Crippen molar-refractivity contribution in [1.29, 1.82) is 0 Å². The van der Waals surface area contributed by atoms with Gasteiger partial charge in [-0.2, -0.15) is 5.10 Å². The number of phenolic OH excluding ortho intramolecular Hbond substituents is 1. The zero-order valence-electron chi connectivity index (χ0n) is 11.7. The molecule has 22 heavy (non-hydrogen) atoms. The highest BCUT2D eigenvalue weighted by atomic mass is 16.6. The van der Waals surface area contributed by atoms with E-state index in [4.69, 9.17) is 0 Å². The summed E-state index contributed by atoms with van der Waals surface area (Å²) in [5.41, 5.74) is 3.58. The molecule has 112 valence electrons. The quantitative estimate of drug-likeness (QED) is 0.513. The van der Waals surface area contributed by atoms with E-state index in [0.717, 1.165) is 0 Å². The molecule has 0 fully saturated rings. The summed E-state index contributed by atoms with van der Waals surface area (Å²) in [6.07, 6.45) is 1.38. The fourth-order valence-electron chi connectivity index (χ4n) is 1.84. The maximum absolute atomic E-state index is 11.9. The normalized spacial score (nSPS) is 10.6. The van der Waals surface area contributed by atoms with Crippen molar-refractivity contribution in [2.45, 2.75) is 6.92 Å². The predicted octanol–water partition coefficient (Wildman–Crippen LogP) is 2.37. The second-order valence-electron chi connectivity index (χ2n) is 4.55. The molecule has 2 aromatic rings. The smallest absolute Gasteiger partial charge is 0.272 e. The lowest BCUT2D eigenvalue weighted by Gasteiger charge is -2.02. The predicted molar refractivity (Wildman–Crippen MR) is 81.0 cm³/mol. The first-order chi connectivity index (χ1) is 10.5. The molecule has 2 N–H and O–H groups in total. The van der Waals surface area contributed by atoms with E-state index < -0.39 is 10.8 Å². The number of phenols is 1. The highest BCUT2D eigenvalue weighted by molar-refractivity contribution is 5.95. The summed E-state index contributed by atoms with van der Waals surface area (Å²) in [6, 6.07) is 10.5. The number of benzene rings is 2. The van der Waals surface area contributed by atoms with Gasteiger partial charge in [0.2, 0.25) is 0 Å². The molecule has 0 heterocycles. The maximum Gasteiger partial charge on any atom is 0.272 e. The Kier molecular flexibility index (Phi) is 4.47. The van der Waals surface area contributed by atoms with E-state index in [2.05, 4.69) is 10.5 Å². The molecule has 0 unspecified atom stereocenters. The van der Waals surface area contributed by atoms with Crippen molar-refractivity contribution in [3.63, 3.8) is 0 Å². The van der Waals surface area contributed by atoms with Gasteiger partial charge >= 0.3 is 0 Å². The lowest BCUT2D eigenvalue weighted by atomic mass is 10.1. The van der Waals surface area contributed by atoms with Gasteiger partial charge in [0, 0.05) is 17.2 Å². The Balaban J connectivity index is 2.06. The van der Waals surface area contributed by atoms with Crippen molar-refractivity contribution in [3.05, 3.63) is 69.3 Å². The Morgan fingerprint density at radius 3 is 2.73 bits per heavy atom. The van der Waals surface area contributed by atoms with Crippen molar-refractivity contribution in [2.75, 3.05) is 0 Å². The number of hydrogen-bond donors (Lipinski definition) is 2. The van der Waals surface area contributed by atoms with Crippen LogP contribution in [0.4, 0.5) is 5.69 Å². The van der Waals surface area contributed by atoms with Crippen molar-refractivity contribution in [1.82, 2.24) is 5.43 Å². The van der Waals surface area contributed by atoms with Gasteiger partial charge in [-0.05, 0) is 36.8 Å². The van der Waals surface area contributed by atoms with E-state index in [9.17, 15) is 20.0 Å². The molecular formula is C15H13N3O4. The summed E-state index contributed by atoms with van der Waals surface area (Å²) in [4.78, 5) is 22.1. The molecule has 0 atom stereocenters. The molecule has 7 nitrogen and oxygen atoms in total. The van der Waals surface area contributed by atoms with Crippen LogP contribution < -0.4 is 5.43 Å². The minimum Gasteiger partial charge on any atom is -0.508 e.